The number of aromatic amines is 1. The van der Waals surface area contributed by atoms with E-state index in [-0.39, 0.29) is 12.5 Å². The largest absolute Gasteiger partial charge is 0.379 e. The van der Waals surface area contributed by atoms with Crippen molar-refractivity contribution in [2.45, 2.75) is 26.6 Å². The van der Waals surface area contributed by atoms with E-state index in [9.17, 15) is 4.79 Å². The van der Waals surface area contributed by atoms with Gasteiger partial charge in [0.2, 0.25) is 5.91 Å². The maximum atomic E-state index is 12.6. The highest BCUT2D eigenvalue weighted by Gasteiger charge is 2.13. The number of hydrogen-bond acceptors (Lipinski definition) is 5. The van der Waals surface area contributed by atoms with Gasteiger partial charge in [-0.25, -0.2) is 0 Å². The average molecular weight is 438 g/mol. The molecule has 0 aliphatic carbocycles. The smallest absolute Gasteiger partial charge is 0.240 e. The molecule has 1 aromatic heterocycles. The van der Waals surface area contributed by atoms with Crippen molar-refractivity contribution in [3.63, 3.8) is 0 Å². The van der Waals surface area contributed by atoms with E-state index in [1.54, 1.807) is 4.57 Å². The number of rotatable bonds is 7. The van der Waals surface area contributed by atoms with Gasteiger partial charge >= 0.3 is 0 Å². The van der Waals surface area contributed by atoms with Crippen LogP contribution in [0.1, 0.15) is 16.7 Å². The van der Waals surface area contributed by atoms with Crippen LogP contribution in [0.3, 0.4) is 0 Å². The number of H-pyrrole nitrogens is 1. The molecule has 31 heavy (non-hydrogen) atoms. The van der Waals surface area contributed by atoms with Crippen LogP contribution in [-0.4, -0.2) is 51.9 Å². The zero-order valence-electron chi connectivity index (χ0n) is 17.6. The van der Waals surface area contributed by atoms with Crippen LogP contribution in [0, 0.1) is 11.7 Å². The summed E-state index contributed by atoms with van der Waals surface area (Å²) in [5, 5.41) is 10.1. The lowest BCUT2D eigenvalue weighted by Gasteiger charge is -2.26. The summed E-state index contributed by atoms with van der Waals surface area (Å²) in [5.41, 5.74) is 4.38. The number of amides is 1. The molecule has 1 fully saturated rings. The minimum absolute atomic E-state index is 0.108. The Balaban J connectivity index is 1.34. The van der Waals surface area contributed by atoms with Crippen molar-refractivity contribution in [1.29, 1.82) is 0 Å². The Kier molecular flexibility index (Phi) is 6.91. The second-order valence-corrected chi connectivity index (χ2v) is 8.18. The number of ether oxygens (including phenoxy) is 1. The molecule has 3 aromatic rings. The van der Waals surface area contributed by atoms with Crippen LogP contribution >= 0.6 is 12.2 Å². The fraction of sp³-hybridized carbons (Fsp3) is 0.348. The Morgan fingerprint density at radius 1 is 1.16 bits per heavy atom. The molecule has 0 radical (unpaired) electrons. The number of morpholine rings is 1. The number of nitrogens with zero attached hydrogens (tertiary/aromatic N) is 3. The van der Waals surface area contributed by atoms with E-state index in [1.165, 1.54) is 5.56 Å². The summed E-state index contributed by atoms with van der Waals surface area (Å²) in [7, 11) is 0. The molecule has 1 saturated heterocycles. The summed E-state index contributed by atoms with van der Waals surface area (Å²) >= 11 is 5.34. The van der Waals surface area contributed by atoms with Crippen molar-refractivity contribution in [3.05, 3.63) is 70.0 Å². The quantitative estimate of drug-likeness (QED) is 0.556. The number of hydrogen-bond donors (Lipinski definition) is 2. The number of aromatic nitrogens is 3. The lowest BCUT2D eigenvalue weighted by atomic mass is 10.1. The van der Waals surface area contributed by atoms with Gasteiger partial charge in [0.25, 0.3) is 0 Å². The van der Waals surface area contributed by atoms with Gasteiger partial charge in [-0.2, -0.15) is 5.10 Å². The van der Waals surface area contributed by atoms with Crippen molar-refractivity contribution in [2.75, 3.05) is 26.3 Å². The molecule has 2 aromatic carbocycles. The van der Waals surface area contributed by atoms with E-state index < -0.39 is 0 Å². The maximum absolute atomic E-state index is 12.6. The van der Waals surface area contributed by atoms with Crippen molar-refractivity contribution in [3.8, 4) is 11.4 Å². The molecule has 1 amide bonds. The minimum atomic E-state index is -0.108. The molecule has 0 unspecified atom stereocenters. The fourth-order valence-electron chi connectivity index (χ4n) is 3.65. The molecule has 4 rings (SSSR count). The van der Waals surface area contributed by atoms with Gasteiger partial charge in [-0.3, -0.25) is 19.4 Å². The lowest BCUT2D eigenvalue weighted by Crippen LogP contribution is -2.35. The standard InChI is InChI=1S/C23H27N5O2S/c1-17-3-2-4-20(13-17)22-25-26-23(31)28(22)16-21(29)24-14-18-5-7-19(8-6-18)15-27-9-11-30-12-10-27/h2-8,13H,9-12,14-16H2,1H3,(H,24,29)(H,26,31). The molecule has 0 saturated carbocycles. The summed E-state index contributed by atoms with van der Waals surface area (Å²) in [6, 6.07) is 16.4. The van der Waals surface area contributed by atoms with Gasteiger partial charge in [0.05, 0.1) is 13.2 Å². The summed E-state index contributed by atoms with van der Waals surface area (Å²) < 4.78 is 7.55. The van der Waals surface area contributed by atoms with Crippen molar-refractivity contribution < 1.29 is 9.53 Å². The van der Waals surface area contributed by atoms with E-state index in [4.69, 9.17) is 17.0 Å². The fourth-order valence-corrected chi connectivity index (χ4v) is 3.85. The third-order valence-corrected chi connectivity index (χ3v) is 5.67. The molecule has 1 aliphatic rings. The van der Waals surface area contributed by atoms with Crippen LogP contribution in [0.4, 0.5) is 0 Å². The maximum Gasteiger partial charge on any atom is 0.240 e. The monoisotopic (exact) mass is 437 g/mol. The zero-order valence-corrected chi connectivity index (χ0v) is 18.5. The van der Waals surface area contributed by atoms with Gasteiger partial charge < -0.3 is 10.1 Å². The Morgan fingerprint density at radius 2 is 1.90 bits per heavy atom. The molecule has 0 bridgehead atoms. The minimum Gasteiger partial charge on any atom is -0.379 e. The summed E-state index contributed by atoms with van der Waals surface area (Å²) in [5.74, 6) is 0.556. The predicted octanol–water partition coefficient (Wildman–Crippen LogP) is 3.06. The van der Waals surface area contributed by atoms with Crippen LogP contribution in [-0.2, 0) is 29.2 Å². The van der Waals surface area contributed by atoms with Crippen molar-refractivity contribution in [1.82, 2.24) is 25.0 Å². The summed E-state index contributed by atoms with van der Waals surface area (Å²) in [6.07, 6.45) is 0. The van der Waals surface area contributed by atoms with E-state index in [0.717, 1.165) is 49.5 Å². The molecule has 2 N–H and O–H groups in total. The molecule has 0 atom stereocenters. The van der Waals surface area contributed by atoms with Gasteiger partial charge in [-0.05, 0) is 36.3 Å². The topological polar surface area (TPSA) is 75.2 Å². The van der Waals surface area contributed by atoms with Gasteiger partial charge in [0.15, 0.2) is 10.6 Å². The lowest BCUT2D eigenvalue weighted by molar-refractivity contribution is -0.121. The number of carbonyl (C=O) groups excluding carboxylic acids is 1. The van der Waals surface area contributed by atoms with E-state index >= 15 is 0 Å². The van der Waals surface area contributed by atoms with Crippen LogP contribution in [0.25, 0.3) is 11.4 Å². The second-order valence-electron chi connectivity index (χ2n) is 7.79. The van der Waals surface area contributed by atoms with E-state index in [1.807, 2.05) is 31.2 Å². The SMILES string of the molecule is Cc1cccc(-c2n[nH]c(=S)n2CC(=O)NCc2ccc(CN3CCOCC3)cc2)c1. The molecular weight excluding hydrogens is 410 g/mol. The first-order valence-electron chi connectivity index (χ1n) is 10.5. The van der Waals surface area contributed by atoms with Gasteiger partial charge in [-0.15, -0.1) is 0 Å². The predicted molar refractivity (Wildman–Crippen MR) is 122 cm³/mol. The second kappa shape index (κ2) is 10.00. The Bertz CT molecular complexity index is 1080. The molecule has 8 heteroatoms. The molecule has 2 heterocycles. The van der Waals surface area contributed by atoms with E-state index in [0.29, 0.717) is 17.1 Å². The number of nitrogens with one attached hydrogen (secondary N) is 2. The Hall–Kier alpha value is -2.81. The highest BCUT2D eigenvalue weighted by atomic mass is 32.1. The van der Waals surface area contributed by atoms with E-state index in [2.05, 4.69) is 44.7 Å². The highest BCUT2D eigenvalue weighted by molar-refractivity contribution is 7.71. The Labute approximate surface area is 187 Å². The molecule has 7 nitrogen and oxygen atoms in total. The molecule has 0 spiro atoms. The normalized spacial score (nSPS) is 14.5. The summed E-state index contributed by atoms with van der Waals surface area (Å²) in [4.78, 5) is 15.0. The van der Waals surface area contributed by atoms with Gasteiger partial charge in [0.1, 0.15) is 6.54 Å². The first-order valence-corrected chi connectivity index (χ1v) is 10.9. The Morgan fingerprint density at radius 3 is 2.65 bits per heavy atom. The van der Waals surface area contributed by atoms with Crippen molar-refractivity contribution in [2.24, 2.45) is 0 Å². The van der Waals surface area contributed by atoms with Crippen molar-refractivity contribution >= 4 is 18.1 Å². The highest BCUT2D eigenvalue weighted by Crippen LogP contribution is 2.18. The zero-order chi connectivity index (χ0) is 21.6. The average Bonchev–Trinajstić information content (AvgIpc) is 3.14. The van der Waals surface area contributed by atoms with Crippen LogP contribution in [0.15, 0.2) is 48.5 Å². The number of benzene rings is 2. The molecule has 1 aliphatic heterocycles. The third-order valence-electron chi connectivity index (χ3n) is 5.36. The van der Waals surface area contributed by atoms with Crippen LogP contribution in [0.2, 0.25) is 0 Å². The first-order chi connectivity index (χ1) is 15.1. The molecular formula is C23H27N5O2S. The third kappa shape index (κ3) is 5.66. The molecule has 162 valence electrons. The van der Waals surface area contributed by atoms with Crippen LogP contribution in [0.5, 0.6) is 0 Å². The number of carbonyl (C=O) groups is 1. The van der Waals surface area contributed by atoms with Gasteiger partial charge in [0, 0.05) is 31.7 Å². The van der Waals surface area contributed by atoms with Gasteiger partial charge in [-0.1, -0.05) is 48.0 Å². The van der Waals surface area contributed by atoms with Crippen LogP contribution < -0.4 is 5.32 Å². The number of aryl methyl sites for hydroxylation is 1. The summed E-state index contributed by atoms with van der Waals surface area (Å²) in [6.45, 7) is 7.09. The first kappa shape index (κ1) is 21.4.